The summed E-state index contributed by atoms with van der Waals surface area (Å²) in [5.74, 6) is 0. The molecule has 80 valence electrons. The molecule has 14 heavy (non-hydrogen) atoms. The number of phosphoric ester groups is 1. The number of unbranched alkanes of at least 4 members (excludes halogenated alkanes) is 5. The van der Waals surface area contributed by atoms with Gasteiger partial charge in [0.05, 0.1) is 6.61 Å². The molecule has 0 saturated heterocycles. The van der Waals surface area contributed by atoms with Crippen molar-refractivity contribution < 1.29 is 70.3 Å². The normalized spacial score (nSPS) is 11.1. The van der Waals surface area contributed by atoms with Crippen LogP contribution in [0.15, 0.2) is 0 Å². The van der Waals surface area contributed by atoms with Gasteiger partial charge in [-0.15, -0.1) is 0 Å². The Kier molecular flexibility index (Phi) is 14.5. The van der Waals surface area contributed by atoms with E-state index in [1.165, 1.54) is 19.3 Å². The first-order valence-electron chi connectivity index (χ1n) is 4.76. The summed E-state index contributed by atoms with van der Waals surface area (Å²) in [7, 11) is -4.23. The number of hydrogen-bond donors (Lipinski definition) is 2. The van der Waals surface area contributed by atoms with Crippen LogP contribution in [0.2, 0.25) is 0 Å². The average Bonchev–Trinajstić information content (AvgIpc) is 2.01. The molecule has 0 unspecified atom stereocenters. The van der Waals surface area contributed by atoms with E-state index in [9.17, 15) is 4.57 Å². The van der Waals surface area contributed by atoms with Gasteiger partial charge in [-0.25, -0.2) is 4.57 Å². The molecule has 0 spiro atoms. The molecule has 0 aromatic rings. The zero-order valence-electron chi connectivity index (χ0n) is 9.11. The van der Waals surface area contributed by atoms with Crippen LogP contribution in [0.4, 0.5) is 0 Å². The number of rotatable bonds is 8. The van der Waals surface area contributed by atoms with E-state index in [0.717, 1.165) is 19.3 Å². The van der Waals surface area contributed by atoms with Crippen molar-refractivity contribution in [3.63, 3.8) is 0 Å². The summed E-state index contributed by atoms with van der Waals surface area (Å²) in [6.07, 6.45) is 6.48. The standard InChI is InChI=1S/C8H19O4P.K/c1-2-3-4-5-6-7-8-12-13(9,10)11;/h2-8H2,1H3,(H2,9,10,11);/q;+1. The van der Waals surface area contributed by atoms with Gasteiger partial charge in [-0.3, -0.25) is 4.52 Å². The number of hydrogen-bond acceptors (Lipinski definition) is 2. The molecular weight excluding hydrogens is 230 g/mol. The maximum atomic E-state index is 10.2. The average molecular weight is 249 g/mol. The summed E-state index contributed by atoms with van der Waals surface area (Å²) in [4.78, 5) is 16.7. The predicted octanol–water partition coefficient (Wildman–Crippen LogP) is -0.540. The SMILES string of the molecule is CCCCCCCCOP(=O)(O)O.[K+]. The molecule has 4 nitrogen and oxygen atoms in total. The second-order valence-electron chi connectivity index (χ2n) is 3.09. The summed E-state index contributed by atoms with van der Waals surface area (Å²) >= 11 is 0. The molecule has 0 atom stereocenters. The Bertz CT molecular complexity index is 159. The fourth-order valence-corrected chi connectivity index (χ4v) is 1.43. The van der Waals surface area contributed by atoms with E-state index in [1.54, 1.807) is 0 Å². The van der Waals surface area contributed by atoms with Crippen LogP contribution >= 0.6 is 7.82 Å². The third-order valence-electron chi connectivity index (χ3n) is 1.76. The van der Waals surface area contributed by atoms with Gasteiger partial charge in [-0.1, -0.05) is 39.0 Å². The van der Waals surface area contributed by atoms with Crippen LogP contribution in [-0.4, -0.2) is 16.4 Å². The van der Waals surface area contributed by atoms with Crippen LogP contribution in [0.25, 0.3) is 0 Å². The van der Waals surface area contributed by atoms with E-state index < -0.39 is 7.82 Å². The molecule has 0 aliphatic carbocycles. The second kappa shape index (κ2) is 11.2. The Morgan fingerprint density at radius 2 is 1.57 bits per heavy atom. The Balaban J connectivity index is 0. The first kappa shape index (κ1) is 18.1. The molecule has 0 aromatic heterocycles. The van der Waals surface area contributed by atoms with Crippen LogP contribution in [0, 0.1) is 0 Å². The third kappa shape index (κ3) is 16.2. The summed E-state index contributed by atoms with van der Waals surface area (Å²) in [6, 6.07) is 0. The molecule has 6 heteroatoms. The molecule has 0 amide bonds. The summed E-state index contributed by atoms with van der Waals surface area (Å²) in [6.45, 7) is 2.31. The predicted molar refractivity (Wildman–Crippen MR) is 51.4 cm³/mol. The van der Waals surface area contributed by atoms with Crippen LogP contribution in [-0.2, 0) is 9.09 Å². The van der Waals surface area contributed by atoms with Crippen molar-refractivity contribution in [1.29, 1.82) is 0 Å². The molecule has 0 aliphatic rings. The molecule has 0 bridgehead atoms. The maximum absolute atomic E-state index is 10.2. The fraction of sp³-hybridized carbons (Fsp3) is 1.00. The minimum absolute atomic E-state index is 0. The summed E-state index contributed by atoms with van der Waals surface area (Å²) in [5, 5.41) is 0. The zero-order valence-corrected chi connectivity index (χ0v) is 13.1. The smallest absolute Gasteiger partial charge is 0.303 e. The van der Waals surface area contributed by atoms with E-state index in [1.807, 2.05) is 0 Å². The molecule has 0 aliphatic heterocycles. The Morgan fingerprint density at radius 1 is 1.07 bits per heavy atom. The second-order valence-corrected chi connectivity index (χ2v) is 4.33. The molecule has 0 fully saturated rings. The van der Waals surface area contributed by atoms with E-state index in [2.05, 4.69) is 11.4 Å². The third-order valence-corrected chi connectivity index (χ3v) is 2.28. The molecule has 0 heterocycles. The van der Waals surface area contributed by atoms with Gasteiger partial charge >= 0.3 is 59.2 Å². The Morgan fingerprint density at radius 3 is 2.07 bits per heavy atom. The topological polar surface area (TPSA) is 66.8 Å². The summed E-state index contributed by atoms with van der Waals surface area (Å²) in [5.41, 5.74) is 0. The fourth-order valence-electron chi connectivity index (χ4n) is 1.07. The number of phosphoric acid groups is 1. The minimum atomic E-state index is -4.23. The monoisotopic (exact) mass is 249 g/mol. The minimum Gasteiger partial charge on any atom is -0.303 e. The Hall–Kier alpha value is 1.75. The molecule has 0 aromatic carbocycles. The molecular formula is C8H19KO4P+. The van der Waals surface area contributed by atoms with E-state index in [4.69, 9.17) is 9.79 Å². The van der Waals surface area contributed by atoms with Gasteiger partial charge in [0.2, 0.25) is 0 Å². The van der Waals surface area contributed by atoms with Gasteiger partial charge in [-0.2, -0.15) is 0 Å². The van der Waals surface area contributed by atoms with Gasteiger partial charge in [0, 0.05) is 0 Å². The molecule has 2 N–H and O–H groups in total. The maximum Gasteiger partial charge on any atom is 1.00 e. The quantitative estimate of drug-likeness (QED) is 0.344. The van der Waals surface area contributed by atoms with Gasteiger partial charge in [0.15, 0.2) is 0 Å². The van der Waals surface area contributed by atoms with Crippen LogP contribution in [0.3, 0.4) is 0 Å². The van der Waals surface area contributed by atoms with Crippen molar-refractivity contribution in [2.24, 2.45) is 0 Å². The van der Waals surface area contributed by atoms with Gasteiger partial charge in [0.1, 0.15) is 0 Å². The van der Waals surface area contributed by atoms with Crippen molar-refractivity contribution in [3.05, 3.63) is 0 Å². The molecule has 0 radical (unpaired) electrons. The molecule has 0 saturated carbocycles. The van der Waals surface area contributed by atoms with Crippen molar-refractivity contribution in [2.75, 3.05) is 6.61 Å². The van der Waals surface area contributed by atoms with Gasteiger partial charge in [0.25, 0.3) is 0 Å². The summed E-state index contributed by atoms with van der Waals surface area (Å²) < 4.78 is 14.5. The molecule has 0 rings (SSSR count). The van der Waals surface area contributed by atoms with E-state index in [-0.39, 0.29) is 58.0 Å². The van der Waals surface area contributed by atoms with Crippen molar-refractivity contribution in [2.45, 2.75) is 45.4 Å². The van der Waals surface area contributed by atoms with Crippen LogP contribution in [0.1, 0.15) is 45.4 Å². The van der Waals surface area contributed by atoms with Crippen molar-refractivity contribution >= 4 is 7.82 Å². The van der Waals surface area contributed by atoms with Crippen LogP contribution < -0.4 is 51.4 Å². The van der Waals surface area contributed by atoms with Gasteiger partial charge < -0.3 is 9.79 Å². The zero-order chi connectivity index (χ0) is 10.2. The largest absolute Gasteiger partial charge is 1.00 e. The van der Waals surface area contributed by atoms with Crippen molar-refractivity contribution in [1.82, 2.24) is 0 Å². The first-order valence-corrected chi connectivity index (χ1v) is 6.29. The Labute approximate surface area is 128 Å². The van der Waals surface area contributed by atoms with Gasteiger partial charge in [-0.05, 0) is 6.42 Å². The van der Waals surface area contributed by atoms with E-state index >= 15 is 0 Å². The van der Waals surface area contributed by atoms with E-state index in [0.29, 0.717) is 0 Å². The first-order chi connectivity index (χ1) is 6.06. The van der Waals surface area contributed by atoms with Crippen LogP contribution in [0.5, 0.6) is 0 Å². The van der Waals surface area contributed by atoms with Crippen molar-refractivity contribution in [3.8, 4) is 0 Å².